The SMILES string of the molecule is COC(=O)c1ccc(-c2cnc(C)o2)c(OC)c1. The van der Waals surface area contributed by atoms with Gasteiger partial charge in [0.05, 0.1) is 31.5 Å². The van der Waals surface area contributed by atoms with E-state index in [1.165, 1.54) is 14.2 Å². The van der Waals surface area contributed by atoms with Crippen molar-refractivity contribution in [2.45, 2.75) is 6.92 Å². The minimum Gasteiger partial charge on any atom is -0.496 e. The van der Waals surface area contributed by atoms with Gasteiger partial charge in [-0.15, -0.1) is 0 Å². The van der Waals surface area contributed by atoms with Gasteiger partial charge in [0, 0.05) is 6.92 Å². The summed E-state index contributed by atoms with van der Waals surface area (Å²) in [7, 11) is 2.87. The maximum atomic E-state index is 11.4. The highest BCUT2D eigenvalue weighted by molar-refractivity contribution is 5.91. The number of aromatic nitrogens is 1. The van der Waals surface area contributed by atoms with Gasteiger partial charge >= 0.3 is 5.97 Å². The molecule has 94 valence electrons. The van der Waals surface area contributed by atoms with Crippen molar-refractivity contribution in [3.63, 3.8) is 0 Å². The van der Waals surface area contributed by atoms with Crippen LogP contribution in [0.3, 0.4) is 0 Å². The van der Waals surface area contributed by atoms with Crippen LogP contribution in [0.1, 0.15) is 16.2 Å². The molecule has 0 bridgehead atoms. The van der Waals surface area contributed by atoms with Crippen LogP contribution in [0.2, 0.25) is 0 Å². The van der Waals surface area contributed by atoms with E-state index in [0.29, 0.717) is 23.0 Å². The van der Waals surface area contributed by atoms with Crippen molar-refractivity contribution in [1.29, 1.82) is 0 Å². The van der Waals surface area contributed by atoms with Gasteiger partial charge in [-0.1, -0.05) is 0 Å². The monoisotopic (exact) mass is 247 g/mol. The van der Waals surface area contributed by atoms with Crippen LogP contribution in [0.25, 0.3) is 11.3 Å². The zero-order chi connectivity index (χ0) is 13.1. The number of esters is 1. The normalized spacial score (nSPS) is 10.2. The zero-order valence-corrected chi connectivity index (χ0v) is 10.4. The third-order valence-corrected chi connectivity index (χ3v) is 2.51. The Bertz CT molecular complexity index is 574. The molecular formula is C13H13NO4. The zero-order valence-electron chi connectivity index (χ0n) is 10.4. The van der Waals surface area contributed by atoms with Crippen LogP contribution in [0.4, 0.5) is 0 Å². The predicted molar refractivity (Wildman–Crippen MR) is 64.6 cm³/mol. The number of hydrogen-bond donors (Lipinski definition) is 0. The van der Waals surface area contributed by atoms with E-state index in [-0.39, 0.29) is 0 Å². The second-order valence-electron chi connectivity index (χ2n) is 3.65. The number of hydrogen-bond acceptors (Lipinski definition) is 5. The predicted octanol–water partition coefficient (Wildman–Crippen LogP) is 2.45. The van der Waals surface area contributed by atoms with E-state index >= 15 is 0 Å². The van der Waals surface area contributed by atoms with Crippen LogP contribution in [0, 0.1) is 6.92 Å². The van der Waals surface area contributed by atoms with Crippen molar-refractivity contribution in [2.24, 2.45) is 0 Å². The summed E-state index contributed by atoms with van der Waals surface area (Å²) >= 11 is 0. The molecule has 0 fully saturated rings. The summed E-state index contributed by atoms with van der Waals surface area (Å²) in [5, 5.41) is 0. The summed E-state index contributed by atoms with van der Waals surface area (Å²) in [5.41, 5.74) is 1.17. The Balaban J connectivity index is 2.46. The maximum Gasteiger partial charge on any atom is 0.337 e. The van der Waals surface area contributed by atoms with Gasteiger partial charge < -0.3 is 13.9 Å². The molecule has 1 aromatic carbocycles. The van der Waals surface area contributed by atoms with Crippen molar-refractivity contribution in [3.8, 4) is 17.1 Å². The third kappa shape index (κ3) is 2.20. The largest absolute Gasteiger partial charge is 0.496 e. The Hall–Kier alpha value is -2.30. The fourth-order valence-electron chi connectivity index (χ4n) is 1.63. The molecule has 2 rings (SSSR count). The summed E-state index contributed by atoms with van der Waals surface area (Å²) in [4.78, 5) is 15.4. The average Bonchev–Trinajstić information content (AvgIpc) is 2.83. The molecule has 1 heterocycles. The Kier molecular flexibility index (Phi) is 3.32. The number of rotatable bonds is 3. The number of benzene rings is 1. The molecule has 18 heavy (non-hydrogen) atoms. The van der Waals surface area contributed by atoms with Gasteiger partial charge in [0.2, 0.25) is 0 Å². The fraction of sp³-hybridized carbons (Fsp3) is 0.231. The van der Waals surface area contributed by atoms with Crippen LogP contribution >= 0.6 is 0 Å². The summed E-state index contributed by atoms with van der Waals surface area (Å²) in [6.07, 6.45) is 1.62. The van der Waals surface area contributed by atoms with Crippen molar-refractivity contribution in [2.75, 3.05) is 14.2 Å². The standard InChI is InChI=1S/C13H13NO4/c1-8-14-7-12(18-8)10-5-4-9(13(15)17-3)6-11(10)16-2/h4-7H,1-3H3. The van der Waals surface area contributed by atoms with Crippen molar-refractivity contribution in [1.82, 2.24) is 4.98 Å². The molecule has 0 unspecified atom stereocenters. The molecule has 0 aliphatic heterocycles. The Morgan fingerprint density at radius 2 is 2.11 bits per heavy atom. The van der Waals surface area contributed by atoms with Crippen LogP contribution in [-0.2, 0) is 4.74 Å². The molecule has 5 nitrogen and oxygen atoms in total. The molecule has 0 atom stereocenters. The molecule has 2 aromatic rings. The molecule has 0 spiro atoms. The van der Waals surface area contributed by atoms with E-state index in [0.717, 1.165) is 5.56 Å². The average molecular weight is 247 g/mol. The van der Waals surface area contributed by atoms with E-state index in [9.17, 15) is 4.79 Å². The van der Waals surface area contributed by atoms with E-state index in [1.807, 2.05) is 0 Å². The number of nitrogens with zero attached hydrogens (tertiary/aromatic N) is 1. The lowest BCUT2D eigenvalue weighted by Gasteiger charge is -2.07. The number of carbonyl (C=O) groups excluding carboxylic acids is 1. The number of methoxy groups -OCH3 is 2. The van der Waals surface area contributed by atoms with Gasteiger partial charge in [-0.2, -0.15) is 0 Å². The van der Waals surface area contributed by atoms with Gasteiger partial charge in [0.15, 0.2) is 11.7 Å². The second-order valence-corrected chi connectivity index (χ2v) is 3.65. The highest BCUT2D eigenvalue weighted by Gasteiger charge is 2.14. The lowest BCUT2D eigenvalue weighted by atomic mass is 10.1. The summed E-state index contributed by atoms with van der Waals surface area (Å²) in [5.74, 6) is 1.30. The molecule has 0 aliphatic carbocycles. The van der Waals surface area contributed by atoms with Crippen LogP contribution in [0.15, 0.2) is 28.8 Å². The van der Waals surface area contributed by atoms with E-state index in [1.54, 1.807) is 31.3 Å². The van der Waals surface area contributed by atoms with Gasteiger partial charge in [0.1, 0.15) is 5.75 Å². The number of oxazole rings is 1. The third-order valence-electron chi connectivity index (χ3n) is 2.51. The highest BCUT2D eigenvalue weighted by Crippen LogP contribution is 2.31. The lowest BCUT2D eigenvalue weighted by Crippen LogP contribution is -2.01. The Labute approximate surface area is 104 Å². The van der Waals surface area contributed by atoms with Crippen molar-refractivity contribution in [3.05, 3.63) is 35.9 Å². The second kappa shape index (κ2) is 4.91. The van der Waals surface area contributed by atoms with E-state index in [2.05, 4.69) is 9.72 Å². The first-order chi connectivity index (χ1) is 8.65. The molecule has 0 saturated carbocycles. The fourth-order valence-corrected chi connectivity index (χ4v) is 1.63. The molecular weight excluding hydrogens is 234 g/mol. The molecule has 1 aromatic heterocycles. The first kappa shape index (κ1) is 12.2. The lowest BCUT2D eigenvalue weighted by molar-refractivity contribution is 0.0600. The Morgan fingerprint density at radius 3 is 2.67 bits per heavy atom. The number of ether oxygens (including phenoxy) is 2. The molecule has 0 radical (unpaired) electrons. The topological polar surface area (TPSA) is 61.6 Å². The minimum atomic E-state index is -0.409. The number of carbonyl (C=O) groups is 1. The van der Waals surface area contributed by atoms with Gasteiger partial charge in [-0.3, -0.25) is 0 Å². The summed E-state index contributed by atoms with van der Waals surface area (Å²) in [6.45, 7) is 1.76. The number of aryl methyl sites for hydroxylation is 1. The molecule has 0 N–H and O–H groups in total. The quantitative estimate of drug-likeness (QED) is 0.779. The van der Waals surface area contributed by atoms with E-state index in [4.69, 9.17) is 9.15 Å². The van der Waals surface area contributed by atoms with Gasteiger partial charge in [-0.05, 0) is 18.2 Å². The van der Waals surface area contributed by atoms with Crippen molar-refractivity contribution < 1.29 is 18.7 Å². The Morgan fingerprint density at radius 1 is 1.33 bits per heavy atom. The smallest absolute Gasteiger partial charge is 0.337 e. The van der Waals surface area contributed by atoms with Gasteiger partial charge in [-0.25, -0.2) is 9.78 Å². The molecule has 0 aliphatic rings. The highest BCUT2D eigenvalue weighted by atomic mass is 16.5. The summed E-state index contributed by atoms with van der Waals surface area (Å²) in [6, 6.07) is 5.01. The first-order valence-electron chi connectivity index (χ1n) is 5.35. The first-order valence-corrected chi connectivity index (χ1v) is 5.35. The molecule has 0 amide bonds. The van der Waals surface area contributed by atoms with Crippen LogP contribution in [-0.4, -0.2) is 25.2 Å². The molecule has 0 saturated heterocycles. The van der Waals surface area contributed by atoms with Gasteiger partial charge in [0.25, 0.3) is 0 Å². The minimum absolute atomic E-state index is 0.409. The maximum absolute atomic E-state index is 11.4. The van der Waals surface area contributed by atoms with Crippen LogP contribution in [0.5, 0.6) is 5.75 Å². The summed E-state index contributed by atoms with van der Waals surface area (Å²) < 4.78 is 15.3. The van der Waals surface area contributed by atoms with Crippen LogP contribution < -0.4 is 4.74 Å². The van der Waals surface area contributed by atoms with E-state index < -0.39 is 5.97 Å². The van der Waals surface area contributed by atoms with Crippen molar-refractivity contribution >= 4 is 5.97 Å². The molecule has 5 heteroatoms.